The van der Waals surface area contributed by atoms with Crippen LogP contribution < -0.4 is 5.73 Å². The van der Waals surface area contributed by atoms with Gasteiger partial charge < -0.3 is 10.8 Å². The van der Waals surface area contributed by atoms with Crippen molar-refractivity contribution in [3.8, 4) is 5.75 Å². The monoisotopic (exact) mass is 185 g/mol. The van der Waals surface area contributed by atoms with Gasteiger partial charge in [-0.3, -0.25) is 0 Å². The minimum Gasteiger partial charge on any atom is -0.505 e. The van der Waals surface area contributed by atoms with Crippen LogP contribution in [0, 0.1) is 11.6 Å². The molecule has 1 aromatic carbocycles. The van der Waals surface area contributed by atoms with Gasteiger partial charge in [0.05, 0.1) is 0 Å². The Balaban J connectivity index is 3.08. The second-order valence-corrected chi connectivity index (χ2v) is 2.46. The van der Waals surface area contributed by atoms with E-state index in [1.54, 1.807) is 0 Å². The van der Waals surface area contributed by atoms with E-state index in [-0.39, 0.29) is 12.1 Å². The molecule has 2 nitrogen and oxygen atoms in total. The number of aromatic hydroxyl groups is 1. The number of hydrogen-bond acceptors (Lipinski definition) is 2. The second-order valence-electron chi connectivity index (χ2n) is 2.46. The molecule has 0 saturated heterocycles. The molecule has 0 heterocycles. The predicted molar refractivity (Wildman–Crippen MR) is 46.1 cm³/mol. The van der Waals surface area contributed by atoms with Gasteiger partial charge in [0.2, 0.25) is 0 Å². The lowest BCUT2D eigenvalue weighted by Crippen LogP contribution is -1.93. The smallest absolute Gasteiger partial charge is 0.167 e. The molecule has 3 N–H and O–H groups in total. The first kappa shape index (κ1) is 9.67. The van der Waals surface area contributed by atoms with Crippen LogP contribution in [0.3, 0.4) is 0 Å². The summed E-state index contributed by atoms with van der Waals surface area (Å²) in [6.45, 7) is 0.261. The summed E-state index contributed by atoms with van der Waals surface area (Å²) in [6.07, 6.45) is 2.89. The summed E-state index contributed by atoms with van der Waals surface area (Å²) in [5, 5.41) is 8.92. The van der Waals surface area contributed by atoms with Crippen molar-refractivity contribution in [2.75, 3.05) is 6.54 Å². The molecule has 0 aliphatic carbocycles. The van der Waals surface area contributed by atoms with Crippen molar-refractivity contribution in [2.24, 2.45) is 5.73 Å². The molecule has 0 fully saturated rings. The Hall–Kier alpha value is -1.42. The fourth-order valence-corrected chi connectivity index (χ4v) is 0.876. The molecule has 0 bridgehead atoms. The SMILES string of the molecule is NC/C=C/c1cc(O)c(F)cc1F. The Labute approximate surface area is 74.3 Å². The zero-order valence-corrected chi connectivity index (χ0v) is 6.80. The van der Waals surface area contributed by atoms with Gasteiger partial charge in [-0.2, -0.15) is 0 Å². The molecule has 1 rings (SSSR count). The number of phenols is 1. The second kappa shape index (κ2) is 4.00. The van der Waals surface area contributed by atoms with Crippen LogP contribution in [0.4, 0.5) is 8.78 Å². The van der Waals surface area contributed by atoms with Crippen LogP contribution in [0.15, 0.2) is 18.2 Å². The first-order valence-corrected chi connectivity index (χ1v) is 3.69. The van der Waals surface area contributed by atoms with E-state index in [0.29, 0.717) is 6.07 Å². The van der Waals surface area contributed by atoms with Crippen LogP contribution >= 0.6 is 0 Å². The van der Waals surface area contributed by atoms with Crippen LogP contribution in [0.5, 0.6) is 5.75 Å². The fraction of sp³-hybridized carbons (Fsp3) is 0.111. The summed E-state index contributed by atoms with van der Waals surface area (Å²) >= 11 is 0. The van der Waals surface area contributed by atoms with Crippen molar-refractivity contribution in [2.45, 2.75) is 0 Å². The Morgan fingerprint density at radius 1 is 1.31 bits per heavy atom. The lowest BCUT2D eigenvalue weighted by atomic mass is 10.2. The number of benzene rings is 1. The highest BCUT2D eigenvalue weighted by atomic mass is 19.1. The van der Waals surface area contributed by atoms with Gasteiger partial charge in [-0.15, -0.1) is 0 Å². The largest absolute Gasteiger partial charge is 0.505 e. The normalized spacial score (nSPS) is 11.0. The van der Waals surface area contributed by atoms with Gasteiger partial charge in [-0.25, -0.2) is 8.78 Å². The molecule has 0 radical (unpaired) electrons. The molecule has 0 saturated carbocycles. The highest BCUT2D eigenvalue weighted by Gasteiger charge is 2.05. The molecule has 0 aliphatic rings. The Morgan fingerprint density at radius 3 is 2.62 bits per heavy atom. The molecule has 0 atom stereocenters. The van der Waals surface area contributed by atoms with Crippen LogP contribution in [0.1, 0.15) is 5.56 Å². The summed E-state index contributed by atoms with van der Waals surface area (Å²) in [7, 11) is 0. The number of nitrogens with two attached hydrogens (primary N) is 1. The molecular formula is C9H9F2NO. The van der Waals surface area contributed by atoms with Crippen molar-refractivity contribution < 1.29 is 13.9 Å². The minimum absolute atomic E-state index is 0.115. The standard InChI is InChI=1S/C9H9F2NO/c10-7-5-8(11)9(13)4-6(7)2-1-3-12/h1-2,4-5,13H,3,12H2/b2-1+. The van der Waals surface area contributed by atoms with Crippen LogP contribution in [-0.4, -0.2) is 11.7 Å². The average Bonchev–Trinajstić information content (AvgIpc) is 2.09. The topological polar surface area (TPSA) is 46.2 Å². The minimum atomic E-state index is -0.970. The number of hydrogen-bond donors (Lipinski definition) is 2. The van der Waals surface area contributed by atoms with Gasteiger partial charge >= 0.3 is 0 Å². The average molecular weight is 185 g/mol. The van der Waals surface area contributed by atoms with Crippen LogP contribution in [-0.2, 0) is 0 Å². The maximum Gasteiger partial charge on any atom is 0.167 e. The summed E-state index contributed by atoms with van der Waals surface area (Å²) in [5.41, 5.74) is 5.26. The van der Waals surface area contributed by atoms with E-state index in [9.17, 15) is 8.78 Å². The van der Waals surface area contributed by atoms with Crippen LogP contribution in [0.2, 0.25) is 0 Å². The first-order valence-electron chi connectivity index (χ1n) is 3.69. The van der Waals surface area contributed by atoms with Crippen molar-refractivity contribution in [1.82, 2.24) is 0 Å². The van der Waals surface area contributed by atoms with E-state index in [2.05, 4.69) is 0 Å². The maximum atomic E-state index is 12.9. The zero-order chi connectivity index (χ0) is 9.84. The van der Waals surface area contributed by atoms with Gasteiger partial charge in [-0.1, -0.05) is 12.2 Å². The third-order valence-corrected chi connectivity index (χ3v) is 1.50. The molecule has 4 heteroatoms. The molecule has 0 aromatic heterocycles. The van der Waals surface area contributed by atoms with Gasteiger partial charge in [0.15, 0.2) is 11.6 Å². The van der Waals surface area contributed by atoms with Gasteiger partial charge in [0.25, 0.3) is 0 Å². The number of phenolic OH excluding ortho intramolecular Hbond substituents is 1. The molecule has 0 amide bonds. The Bertz CT molecular complexity index is 337. The Kier molecular flexibility index (Phi) is 2.97. The highest BCUT2D eigenvalue weighted by molar-refractivity contribution is 5.52. The Morgan fingerprint density at radius 2 is 2.00 bits per heavy atom. The number of halogens is 2. The fourth-order valence-electron chi connectivity index (χ4n) is 0.876. The summed E-state index contributed by atoms with van der Waals surface area (Å²) in [6, 6.07) is 1.64. The zero-order valence-electron chi connectivity index (χ0n) is 6.80. The lowest BCUT2D eigenvalue weighted by molar-refractivity contribution is 0.427. The van der Waals surface area contributed by atoms with Gasteiger partial charge in [0, 0.05) is 18.2 Å². The van der Waals surface area contributed by atoms with E-state index >= 15 is 0 Å². The molecule has 13 heavy (non-hydrogen) atoms. The van der Waals surface area contributed by atoms with E-state index in [4.69, 9.17) is 10.8 Å². The lowest BCUT2D eigenvalue weighted by Gasteiger charge is -1.99. The molecule has 70 valence electrons. The number of rotatable bonds is 2. The van der Waals surface area contributed by atoms with Gasteiger partial charge in [-0.05, 0) is 6.07 Å². The van der Waals surface area contributed by atoms with Crippen molar-refractivity contribution in [3.05, 3.63) is 35.4 Å². The summed E-state index contributed by atoms with van der Waals surface area (Å²) < 4.78 is 25.5. The van der Waals surface area contributed by atoms with E-state index in [1.165, 1.54) is 12.2 Å². The van der Waals surface area contributed by atoms with Crippen LogP contribution in [0.25, 0.3) is 6.08 Å². The molecular weight excluding hydrogens is 176 g/mol. The van der Waals surface area contributed by atoms with E-state index in [1.807, 2.05) is 0 Å². The molecule has 0 aliphatic heterocycles. The van der Waals surface area contributed by atoms with Gasteiger partial charge in [0.1, 0.15) is 5.82 Å². The predicted octanol–water partition coefficient (Wildman–Crippen LogP) is 1.64. The molecule has 0 unspecified atom stereocenters. The van der Waals surface area contributed by atoms with Crippen molar-refractivity contribution in [1.29, 1.82) is 0 Å². The quantitative estimate of drug-likeness (QED) is 0.735. The first-order chi connectivity index (χ1) is 6.15. The van der Waals surface area contributed by atoms with Crippen molar-refractivity contribution in [3.63, 3.8) is 0 Å². The van der Waals surface area contributed by atoms with E-state index in [0.717, 1.165) is 6.07 Å². The van der Waals surface area contributed by atoms with Crippen molar-refractivity contribution >= 4 is 6.08 Å². The summed E-state index contributed by atoms with van der Waals surface area (Å²) in [5.74, 6) is -2.26. The maximum absolute atomic E-state index is 12.9. The third kappa shape index (κ3) is 2.26. The molecule has 0 spiro atoms. The highest BCUT2D eigenvalue weighted by Crippen LogP contribution is 2.20. The van der Waals surface area contributed by atoms with E-state index < -0.39 is 17.4 Å². The molecule has 1 aromatic rings. The summed E-state index contributed by atoms with van der Waals surface area (Å²) in [4.78, 5) is 0. The third-order valence-electron chi connectivity index (χ3n) is 1.50.